The van der Waals surface area contributed by atoms with Crippen molar-refractivity contribution in [3.8, 4) is 5.75 Å². The minimum atomic E-state index is 0.444. The summed E-state index contributed by atoms with van der Waals surface area (Å²) in [5.41, 5.74) is 3.06. The van der Waals surface area contributed by atoms with Crippen molar-refractivity contribution >= 4 is 23.1 Å². The monoisotopic (exact) mass is 397 g/mol. The van der Waals surface area contributed by atoms with Crippen LogP contribution >= 0.6 is 0 Å². The second-order valence-electron chi connectivity index (χ2n) is 6.64. The number of para-hydroxylation sites is 1. The Bertz CT molecular complexity index is 1060. The predicted molar refractivity (Wildman–Crippen MR) is 119 cm³/mol. The summed E-state index contributed by atoms with van der Waals surface area (Å²) >= 11 is 0. The van der Waals surface area contributed by atoms with Gasteiger partial charge in [0.1, 0.15) is 12.4 Å². The summed E-state index contributed by atoms with van der Waals surface area (Å²) in [6, 6.07) is 27.9. The van der Waals surface area contributed by atoms with Gasteiger partial charge in [-0.3, -0.25) is 0 Å². The summed E-state index contributed by atoms with van der Waals surface area (Å²) in [5, 5.41) is 11.4. The Morgan fingerprint density at radius 2 is 1.57 bits per heavy atom. The van der Waals surface area contributed by atoms with Gasteiger partial charge < -0.3 is 15.0 Å². The average Bonchev–Trinajstić information content (AvgIpc) is 2.81. The van der Waals surface area contributed by atoms with Gasteiger partial charge in [0.05, 0.1) is 6.20 Å². The first-order chi connectivity index (χ1) is 14.8. The van der Waals surface area contributed by atoms with Crippen molar-refractivity contribution in [1.29, 1.82) is 0 Å². The molecule has 0 aliphatic rings. The molecule has 0 unspecified atom stereocenters. The first kappa shape index (κ1) is 19.4. The van der Waals surface area contributed by atoms with E-state index in [1.165, 1.54) is 0 Å². The maximum atomic E-state index is 5.83. The number of hydrogen-bond donors (Lipinski definition) is 1. The fraction of sp³-hybridized carbons (Fsp3) is 0.125. The van der Waals surface area contributed by atoms with E-state index in [2.05, 4.69) is 32.3 Å². The number of aromatic nitrogens is 3. The van der Waals surface area contributed by atoms with Gasteiger partial charge in [-0.15, -0.1) is 5.10 Å². The number of nitrogens with one attached hydrogen (secondary N) is 1. The van der Waals surface area contributed by atoms with Gasteiger partial charge in [-0.2, -0.15) is 10.1 Å². The van der Waals surface area contributed by atoms with E-state index in [-0.39, 0.29) is 0 Å². The molecule has 0 aliphatic carbocycles. The van der Waals surface area contributed by atoms with E-state index in [0.717, 1.165) is 35.1 Å². The Kier molecular flexibility index (Phi) is 6.15. The number of hydrogen-bond acceptors (Lipinski definition) is 6. The van der Waals surface area contributed by atoms with Crippen LogP contribution in [0.25, 0.3) is 0 Å². The SMILES string of the molecule is CCN(c1ccccc1)c1cnnc(Nc2ccc(OCc3ccccc3)cc2)n1. The van der Waals surface area contributed by atoms with Crippen LogP contribution in [0.4, 0.5) is 23.1 Å². The van der Waals surface area contributed by atoms with E-state index in [0.29, 0.717) is 12.6 Å². The molecule has 0 spiro atoms. The van der Waals surface area contributed by atoms with Crippen LogP contribution in [0.5, 0.6) is 5.75 Å². The Labute approximate surface area is 176 Å². The molecular weight excluding hydrogens is 374 g/mol. The van der Waals surface area contributed by atoms with Gasteiger partial charge in [-0.25, -0.2) is 0 Å². The normalized spacial score (nSPS) is 10.4. The van der Waals surface area contributed by atoms with Gasteiger partial charge in [-0.05, 0) is 48.9 Å². The maximum Gasteiger partial charge on any atom is 0.249 e. The van der Waals surface area contributed by atoms with E-state index < -0.39 is 0 Å². The van der Waals surface area contributed by atoms with Crippen molar-refractivity contribution in [2.75, 3.05) is 16.8 Å². The van der Waals surface area contributed by atoms with Gasteiger partial charge in [0, 0.05) is 17.9 Å². The van der Waals surface area contributed by atoms with E-state index in [9.17, 15) is 0 Å². The second-order valence-corrected chi connectivity index (χ2v) is 6.64. The van der Waals surface area contributed by atoms with Crippen LogP contribution in [0, 0.1) is 0 Å². The smallest absolute Gasteiger partial charge is 0.249 e. The van der Waals surface area contributed by atoms with E-state index in [1.54, 1.807) is 6.20 Å². The molecule has 0 bridgehead atoms. The van der Waals surface area contributed by atoms with Crippen LogP contribution in [0.2, 0.25) is 0 Å². The standard InChI is InChI=1S/C24H23N5O/c1-2-29(21-11-7-4-8-12-21)23-17-25-28-24(27-23)26-20-13-15-22(16-14-20)30-18-19-9-5-3-6-10-19/h3-17H,2,18H2,1H3,(H,26,27,28). The highest BCUT2D eigenvalue weighted by Gasteiger charge is 2.10. The van der Waals surface area contributed by atoms with Gasteiger partial charge in [0.15, 0.2) is 5.82 Å². The number of anilines is 4. The molecule has 3 aromatic carbocycles. The van der Waals surface area contributed by atoms with Crippen molar-refractivity contribution < 1.29 is 4.74 Å². The van der Waals surface area contributed by atoms with Gasteiger partial charge in [-0.1, -0.05) is 48.5 Å². The van der Waals surface area contributed by atoms with Crippen LogP contribution < -0.4 is 15.0 Å². The average molecular weight is 397 g/mol. The zero-order valence-electron chi connectivity index (χ0n) is 16.8. The number of benzene rings is 3. The highest BCUT2D eigenvalue weighted by Crippen LogP contribution is 2.24. The minimum absolute atomic E-state index is 0.444. The molecule has 0 aliphatic heterocycles. The third-order valence-electron chi connectivity index (χ3n) is 4.57. The van der Waals surface area contributed by atoms with Crippen molar-refractivity contribution in [2.45, 2.75) is 13.5 Å². The fourth-order valence-electron chi connectivity index (χ4n) is 3.07. The van der Waals surface area contributed by atoms with Crippen molar-refractivity contribution in [1.82, 2.24) is 15.2 Å². The molecule has 6 heteroatoms. The van der Waals surface area contributed by atoms with E-state index in [1.807, 2.05) is 84.9 Å². The summed E-state index contributed by atoms with van der Waals surface area (Å²) in [4.78, 5) is 6.71. The lowest BCUT2D eigenvalue weighted by atomic mass is 10.2. The highest BCUT2D eigenvalue weighted by molar-refractivity contribution is 5.61. The number of ether oxygens (including phenoxy) is 1. The third kappa shape index (κ3) is 4.91. The molecule has 150 valence electrons. The molecule has 1 heterocycles. The zero-order chi connectivity index (χ0) is 20.6. The summed E-state index contributed by atoms with van der Waals surface area (Å²) in [5.74, 6) is 1.99. The molecule has 4 aromatic rings. The molecule has 0 fully saturated rings. The molecule has 30 heavy (non-hydrogen) atoms. The molecular formula is C24H23N5O. The largest absolute Gasteiger partial charge is 0.489 e. The van der Waals surface area contributed by atoms with E-state index >= 15 is 0 Å². The molecule has 0 radical (unpaired) electrons. The predicted octanol–water partition coefficient (Wildman–Crippen LogP) is 5.35. The molecule has 0 saturated heterocycles. The van der Waals surface area contributed by atoms with Crippen LogP contribution in [-0.4, -0.2) is 21.7 Å². The second kappa shape index (κ2) is 9.52. The van der Waals surface area contributed by atoms with E-state index in [4.69, 9.17) is 4.74 Å². The summed E-state index contributed by atoms with van der Waals surface area (Å²) in [6.45, 7) is 3.39. The fourth-order valence-corrected chi connectivity index (χ4v) is 3.07. The maximum absolute atomic E-state index is 5.83. The van der Waals surface area contributed by atoms with Crippen molar-refractivity contribution in [3.05, 3.63) is 96.7 Å². The molecule has 1 N–H and O–H groups in total. The summed E-state index contributed by atoms with van der Waals surface area (Å²) in [6.07, 6.45) is 1.67. The highest BCUT2D eigenvalue weighted by atomic mass is 16.5. The van der Waals surface area contributed by atoms with Crippen molar-refractivity contribution in [3.63, 3.8) is 0 Å². The van der Waals surface area contributed by atoms with Gasteiger partial charge in [0.25, 0.3) is 0 Å². The molecule has 6 nitrogen and oxygen atoms in total. The first-order valence-electron chi connectivity index (χ1n) is 9.88. The quantitative estimate of drug-likeness (QED) is 0.432. The lowest BCUT2D eigenvalue weighted by molar-refractivity contribution is 0.306. The summed E-state index contributed by atoms with van der Waals surface area (Å²) < 4.78 is 5.83. The molecule has 0 amide bonds. The Balaban J connectivity index is 1.42. The lowest BCUT2D eigenvalue weighted by Gasteiger charge is -2.21. The Hall–Kier alpha value is -3.93. The van der Waals surface area contributed by atoms with Crippen molar-refractivity contribution in [2.24, 2.45) is 0 Å². The van der Waals surface area contributed by atoms with Gasteiger partial charge >= 0.3 is 0 Å². The Morgan fingerprint density at radius 1 is 0.867 bits per heavy atom. The van der Waals surface area contributed by atoms with Gasteiger partial charge in [0.2, 0.25) is 5.95 Å². The van der Waals surface area contributed by atoms with Crippen LogP contribution in [0.15, 0.2) is 91.1 Å². The van der Waals surface area contributed by atoms with Crippen LogP contribution in [-0.2, 0) is 6.61 Å². The topological polar surface area (TPSA) is 63.2 Å². The number of rotatable bonds is 8. The molecule has 4 rings (SSSR count). The molecule has 1 aromatic heterocycles. The molecule has 0 saturated carbocycles. The lowest BCUT2D eigenvalue weighted by Crippen LogP contribution is -2.18. The molecule has 0 atom stereocenters. The first-order valence-corrected chi connectivity index (χ1v) is 9.88. The zero-order valence-corrected chi connectivity index (χ0v) is 16.8. The summed E-state index contributed by atoms with van der Waals surface area (Å²) in [7, 11) is 0. The number of nitrogens with zero attached hydrogens (tertiary/aromatic N) is 4. The van der Waals surface area contributed by atoms with Crippen LogP contribution in [0.3, 0.4) is 0 Å². The minimum Gasteiger partial charge on any atom is -0.489 e. The van der Waals surface area contributed by atoms with Crippen LogP contribution in [0.1, 0.15) is 12.5 Å². The Morgan fingerprint density at radius 3 is 2.27 bits per heavy atom. The third-order valence-corrected chi connectivity index (χ3v) is 4.57.